The zero-order valence-electron chi connectivity index (χ0n) is 11.7. The molecule has 20 heavy (non-hydrogen) atoms. The molecule has 1 aromatic heterocycles. The number of aromatic nitrogens is 1. The Balaban J connectivity index is 1.64. The number of anilines is 2. The van der Waals surface area contributed by atoms with E-state index in [0.717, 1.165) is 50.5 Å². The second kappa shape index (κ2) is 5.68. The lowest BCUT2D eigenvalue weighted by atomic mass is 10.3. The SMILES string of the molecule is CN(CCN1CCOCC1)c1nc2cc(N)ccc2o1. The van der Waals surface area contributed by atoms with E-state index in [4.69, 9.17) is 14.9 Å². The van der Waals surface area contributed by atoms with Crippen LogP contribution in [0.2, 0.25) is 0 Å². The van der Waals surface area contributed by atoms with Gasteiger partial charge in [0.1, 0.15) is 5.52 Å². The fraction of sp³-hybridized carbons (Fsp3) is 0.500. The molecule has 108 valence electrons. The third-order valence-electron chi connectivity index (χ3n) is 3.58. The minimum atomic E-state index is 0.638. The van der Waals surface area contributed by atoms with E-state index in [1.807, 2.05) is 30.1 Å². The van der Waals surface area contributed by atoms with Crippen LogP contribution in [0.1, 0.15) is 0 Å². The van der Waals surface area contributed by atoms with E-state index in [9.17, 15) is 0 Å². The molecule has 6 nitrogen and oxygen atoms in total. The lowest BCUT2D eigenvalue weighted by molar-refractivity contribution is 0.0392. The second-order valence-electron chi connectivity index (χ2n) is 5.10. The topological polar surface area (TPSA) is 67.8 Å². The van der Waals surface area contributed by atoms with Crippen molar-refractivity contribution in [2.24, 2.45) is 0 Å². The van der Waals surface area contributed by atoms with Gasteiger partial charge >= 0.3 is 0 Å². The van der Waals surface area contributed by atoms with E-state index in [2.05, 4.69) is 9.88 Å². The number of nitrogen functional groups attached to an aromatic ring is 1. The van der Waals surface area contributed by atoms with Crippen molar-refractivity contribution in [3.8, 4) is 0 Å². The second-order valence-corrected chi connectivity index (χ2v) is 5.10. The molecular weight excluding hydrogens is 256 g/mol. The van der Waals surface area contributed by atoms with Crippen molar-refractivity contribution >= 4 is 22.8 Å². The predicted octanol–water partition coefficient (Wildman–Crippen LogP) is 1.18. The van der Waals surface area contributed by atoms with Crippen molar-refractivity contribution in [2.75, 3.05) is 57.1 Å². The normalized spacial score (nSPS) is 16.6. The van der Waals surface area contributed by atoms with Gasteiger partial charge < -0.3 is 19.8 Å². The van der Waals surface area contributed by atoms with Gasteiger partial charge in [0, 0.05) is 38.9 Å². The highest BCUT2D eigenvalue weighted by Gasteiger charge is 2.14. The van der Waals surface area contributed by atoms with Gasteiger partial charge in [-0.25, -0.2) is 0 Å². The van der Waals surface area contributed by atoms with E-state index in [1.54, 1.807) is 0 Å². The molecule has 0 saturated carbocycles. The molecule has 0 aliphatic carbocycles. The van der Waals surface area contributed by atoms with Crippen molar-refractivity contribution in [3.63, 3.8) is 0 Å². The lowest BCUT2D eigenvalue weighted by Gasteiger charge is -2.28. The highest BCUT2D eigenvalue weighted by Crippen LogP contribution is 2.22. The number of hydrogen-bond donors (Lipinski definition) is 1. The number of likely N-dealkylation sites (N-methyl/N-ethyl adjacent to an activating group) is 1. The molecule has 6 heteroatoms. The number of benzene rings is 1. The summed E-state index contributed by atoms with van der Waals surface area (Å²) in [6.07, 6.45) is 0. The molecule has 0 atom stereocenters. The van der Waals surface area contributed by atoms with Crippen LogP contribution in [0.25, 0.3) is 11.1 Å². The molecule has 0 unspecified atom stereocenters. The third kappa shape index (κ3) is 2.86. The van der Waals surface area contributed by atoms with Crippen molar-refractivity contribution < 1.29 is 9.15 Å². The molecule has 2 aromatic rings. The molecule has 2 N–H and O–H groups in total. The number of nitrogens with zero attached hydrogens (tertiary/aromatic N) is 3. The molecule has 0 bridgehead atoms. The van der Waals surface area contributed by atoms with E-state index >= 15 is 0 Å². The molecule has 1 fully saturated rings. The summed E-state index contributed by atoms with van der Waals surface area (Å²) < 4.78 is 11.1. The molecule has 1 saturated heterocycles. The van der Waals surface area contributed by atoms with Crippen LogP contribution in [-0.4, -0.2) is 56.3 Å². The Hall–Kier alpha value is -1.79. The smallest absolute Gasteiger partial charge is 0.298 e. The molecular formula is C14H20N4O2. The summed E-state index contributed by atoms with van der Waals surface area (Å²) in [5.74, 6) is 0. The molecule has 0 radical (unpaired) electrons. The van der Waals surface area contributed by atoms with Crippen LogP contribution in [0.3, 0.4) is 0 Å². The Bertz CT molecular complexity index is 578. The minimum absolute atomic E-state index is 0.638. The molecule has 1 aliphatic rings. The van der Waals surface area contributed by atoms with Gasteiger partial charge in [-0.3, -0.25) is 4.90 Å². The summed E-state index contributed by atoms with van der Waals surface area (Å²) >= 11 is 0. The number of hydrogen-bond acceptors (Lipinski definition) is 6. The first kappa shape index (κ1) is 13.2. The molecule has 2 heterocycles. The van der Waals surface area contributed by atoms with Crippen molar-refractivity contribution in [2.45, 2.75) is 0 Å². The lowest BCUT2D eigenvalue weighted by Crippen LogP contribution is -2.40. The largest absolute Gasteiger partial charge is 0.423 e. The first-order valence-corrected chi connectivity index (χ1v) is 6.90. The molecule has 1 aromatic carbocycles. The average Bonchev–Trinajstić information content (AvgIpc) is 2.89. The predicted molar refractivity (Wildman–Crippen MR) is 79.0 cm³/mol. The van der Waals surface area contributed by atoms with Crippen LogP contribution in [0, 0.1) is 0 Å². The summed E-state index contributed by atoms with van der Waals surface area (Å²) in [5.41, 5.74) is 8.03. The molecule has 1 aliphatic heterocycles. The average molecular weight is 276 g/mol. The fourth-order valence-electron chi connectivity index (χ4n) is 2.31. The van der Waals surface area contributed by atoms with Gasteiger partial charge in [0.05, 0.1) is 13.2 Å². The zero-order valence-corrected chi connectivity index (χ0v) is 11.7. The number of morpholine rings is 1. The number of nitrogens with two attached hydrogens (primary N) is 1. The highest BCUT2D eigenvalue weighted by atomic mass is 16.5. The van der Waals surface area contributed by atoms with E-state index in [1.165, 1.54) is 0 Å². The van der Waals surface area contributed by atoms with Crippen LogP contribution in [0.5, 0.6) is 0 Å². The maximum absolute atomic E-state index is 5.75. The molecule has 3 rings (SSSR count). The number of ether oxygens (including phenoxy) is 1. The van der Waals surface area contributed by atoms with Crippen LogP contribution >= 0.6 is 0 Å². The summed E-state index contributed by atoms with van der Waals surface area (Å²) in [7, 11) is 1.99. The standard InChI is InChI=1S/C14H20N4O2/c1-17(4-5-18-6-8-19-9-7-18)14-16-12-10-11(15)2-3-13(12)20-14/h2-3,10H,4-9,15H2,1H3. The van der Waals surface area contributed by atoms with E-state index in [-0.39, 0.29) is 0 Å². The monoisotopic (exact) mass is 276 g/mol. The van der Waals surface area contributed by atoms with Crippen LogP contribution in [0.15, 0.2) is 22.6 Å². The maximum Gasteiger partial charge on any atom is 0.298 e. The van der Waals surface area contributed by atoms with Gasteiger partial charge in [0.25, 0.3) is 6.01 Å². The number of rotatable bonds is 4. The van der Waals surface area contributed by atoms with Crippen molar-refractivity contribution in [1.29, 1.82) is 0 Å². The van der Waals surface area contributed by atoms with Crippen molar-refractivity contribution in [3.05, 3.63) is 18.2 Å². The quantitative estimate of drug-likeness (QED) is 0.846. The van der Waals surface area contributed by atoms with E-state index < -0.39 is 0 Å². The maximum atomic E-state index is 5.75. The summed E-state index contributed by atoms with van der Waals surface area (Å²) in [6, 6.07) is 6.15. The molecule has 0 spiro atoms. The van der Waals surface area contributed by atoms with Crippen LogP contribution in [0.4, 0.5) is 11.7 Å². The summed E-state index contributed by atoms with van der Waals surface area (Å²) in [5, 5.41) is 0. The Morgan fingerprint density at radius 2 is 2.15 bits per heavy atom. The Kier molecular flexibility index (Phi) is 3.75. The Morgan fingerprint density at radius 1 is 1.35 bits per heavy atom. The van der Waals surface area contributed by atoms with Crippen LogP contribution < -0.4 is 10.6 Å². The van der Waals surface area contributed by atoms with E-state index in [0.29, 0.717) is 11.7 Å². The highest BCUT2D eigenvalue weighted by molar-refractivity contribution is 5.78. The van der Waals surface area contributed by atoms with Crippen molar-refractivity contribution in [1.82, 2.24) is 9.88 Å². The third-order valence-corrected chi connectivity index (χ3v) is 3.58. The van der Waals surface area contributed by atoms with Gasteiger partial charge in [-0.2, -0.15) is 4.98 Å². The van der Waals surface area contributed by atoms with Gasteiger partial charge in [0.2, 0.25) is 0 Å². The Labute approximate surface area is 118 Å². The summed E-state index contributed by atoms with van der Waals surface area (Å²) in [6.45, 7) is 5.51. The van der Waals surface area contributed by atoms with Crippen LogP contribution in [-0.2, 0) is 4.74 Å². The van der Waals surface area contributed by atoms with Gasteiger partial charge in [-0.15, -0.1) is 0 Å². The first-order valence-electron chi connectivity index (χ1n) is 6.90. The number of oxazole rings is 1. The zero-order chi connectivity index (χ0) is 13.9. The number of fused-ring (bicyclic) bond motifs is 1. The summed E-state index contributed by atoms with van der Waals surface area (Å²) in [4.78, 5) is 8.90. The van der Waals surface area contributed by atoms with Gasteiger partial charge in [-0.1, -0.05) is 0 Å². The fourth-order valence-corrected chi connectivity index (χ4v) is 2.31. The first-order chi connectivity index (χ1) is 9.72. The Morgan fingerprint density at radius 3 is 2.95 bits per heavy atom. The minimum Gasteiger partial charge on any atom is -0.423 e. The molecule has 0 amide bonds. The van der Waals surface area contributed by atoms with Gasteiger partial charge in [-0.05, 0) is 18.2 Å². The van der Waals surface area contributed by atoms with Gasteiger partial charge in [0.15, 0.2) is 5.58 Å².